The molecule has 0 spiro atoms. The van der Waals surface area contributed by atoms with Crippen LogP contribution in [0.15, 0.2) is 36.0 Å². The second-order valence-corrected chi connectivity index (χ2v) is 4.25. The van der Waals surface area contributed by atoms with Gasteiger partial charge in [-0.3, -0.25) is 4.98 Å². The molecule has 0 amide bonds. The van der Waals surface area contributed by atoms with E-state index in [0.717, 1.165) is 17.0 Å². The van der Waals surface area contributed by atoms with Gasteiger partial charge in [0, 0.05) is 6.20 Å². The SMILES string of the molecule is FC(F)(F)c1cccc(OCc2cncs2)c1. The summed E-state index contributed by atoms with van der Waals surface area (Å²) < 4.78 is 42.5. The molecule has 0 atom stereocenters. The summed E-state index contributed by atoms with van der Waals surface area (Å²) in [7, 11) is 0. The molecule has 17 heavy (non-hydrogen) atoms. The molecule has 0 radical (unpaired) electrons. The lowest BCUT2D eigenvalue weighted by atomic mass is 10.2. The van der Waals surface area contributed by atoms with Gasteiger partial charge in [0.2, 0.25) is 0 Å². The van der Waals surface area contributed by atoms with Crippen molar-refractivity contribution in [3.63, 3.8) is 0 Å². The third-order valence-corrected chi connectivity index (χ3v) is 2.78. The van der Waals surface area contributed by atoms with Gasteiger partial charge in [-0.1, -0.05) is 6.07 Å². The van der Waals surface area contributed by atoms with Crippen LogP contribution in [0.5, 0.6) is 5.75 Å². The van der Waals surface area contributed by atoms with E-state index in [9.17, 15) is 13.2 Å². The largest absolute Gasteiger partial charge is 0.488 e. The van der Waals surface area contributed by atoms with Crippen molar-refractivity contribution in [2.24, 2.45) is 0 Å². The van der Waals surface area contributed by atoms with E-state index in [0.29, 0.717) is 0 Å². The average Bonchev–Trinajstić information content (AvgIpc) is 2.78. The molecular weight excluding hydrogens is 251 g/mol. The monoisotopic (exact) mass is 259 g/mol. The molecule has 0 fully saturated rings. The van der Waals surface area contributed by atoms with E-state index in [4.69, 9.17) is 4.74 Å². The van der Waals surface area contributed by atoms with E-state index in [1.165, 1.54) is 23.5 Å². The summed E-state index contributed by atoms with van der Waals surface area (Å²) in [6.07, 6.45) is -2.72. The molecule has 1 heterocycles. The van der Waals surface area contributed by atoms with Crippen LogP contribution in [0.25, 0.3) is 0 Å². The topological polar surface area (TPSA) is 22.1 Å². The first kappa shape index (κ1) is 11.9. The van der Waals surface area contributed by atoms with Gasteiger partial charge in [-0.25, -0.2) is 0 Å². The van der Waals surface area contributed by atoms with Gasteiger partial charge in [0.1, 0.15) is 12.4 Å². The number of halogens is 3. The minimum absolute atomic E-state index is 0.202. The minimum Gasteiger partial charge on any atom is -0.488 e. The Hall–Kier alpha value is -1.56. The Morgan fingerprint density at radius 2 is 2.12 bits per heavy atom. The van der Waals surface area contributed by atoms with Crippen molar-refractivity contribution in [1.29, 1.82) is 0 Å². The first-order chi connectivity index (χ1) is 8.05. The first-order valence-corrected chi connectivity index (χ1v) is 5.61. The molecular formula is C11H8F3NOS. The summed E-state index contributed by atoms with van der Waals surface area (Å²) >= 11 is 1.39. The van der Waals surface area contributed by atoms with E-state index in [2.05, 4.69) is 4.98 Å². The molecule has 0 saturated heterocycles. The van der Waals surface area contributed by atoms with Crippen molar-refractivity contribution in [3.8, 4) is 5.75 Å². The van der Waals surface area contributed by atoms with Crippen LogP contribution < -0.4 is 4.74 Å². The Balaban J connectivity index is 2.07. The fourth-order valence-corrected chi connectivity index (χ4v) is 1.74. The number of hydrogen-bond acceptors (Lipinski definition) is 3. The smallest absolute Gasteiger partial charge is 0.416 e. The lowest BCUT2D eigenvalue weighted by Crippen LogP contribution is -2.05. The van der Waals surface area contributed by atoms with Crippen molar-refractivity contribution in [2.75, 3.05) is 0 Å². The predicted octanol–water partition coefficient (Wildman–Crippen LogP) is 3.74. The van der Waals surface area contributed by atoms with Crippen LogP contribution in [0.3, 0.4) is 0 Å². The average molecular weight is 259 g/mol. The zero-order valence-corrected chi connectivity index (χ0v) is 9.39. The second-order valence-electron chi connectivity index (χ2n) is 3.28. The van der Waals surface area contributed by atoms with Crippen LogP contribution in [0.1, 0.15) is 10.4 Å². The molecule has 2 rings (SSSR count). The highest BCUT2D eigenvalue weighted by Gasteiger charge is 2.30. The maximum absolute atomic E-state index is 12.4. The standard InChI is InChI=1S/C11H8F3NOS/c12-11(13,14)8-2-1-3-9(4-8)16-6-10-5-15-7-17-10/h1-5,7H,6H2. The van der Waals surface area contributed by atoms with Crippen molar-refractivity contribution < 1.29 is 17.9 Å². The van der Waals surface area contributed by atoms with Crippen molar-refractivity contribution in [1.82, 2.24) is 4.98 Å². The highest BCUT2D eigenvalue weighted by atomic mass is 32.1. The predicted molar refractivity (Wildman–Crippen MR) is 57.9 cm³/mol. The van der Waals surface area contributed by atoms with Gasteiger partial charge >= 0.3 is 6.18 Å². The number of aromatic nitrogens is 1. The molecule has 90 valence electrons. The zero-order valence-electron chi connectivity index (χ0n) is 8.57. The first-order valence-electron chi connectivity index (χ1n) is 4.73. The number of thiazole rings is 1. The number of ether oxygens (including phenoxy) is 1. The number of alkyl halides is 3. The van der Waals surface area contributed by atoms with Crippen LogP contribution in [-0.4, -0.2) is 4.98 Å². The second kappa shape index (κ2) is 4.75. The fourth-order valence-electron chi connectivity index (χ4n) is 1.23. The Bertz CT molecular complexity index is 482. The van der Waals surface area contributed by atoms with E-state index < -0.39 is 11.7 Å². The number of rotatable bonds is 3. The summed E-state index contributed by atoms with van der Waals surface area (Å²) in [5.74, 6) is 0.202. The molecule has 1 aromatic heterocycles. The molecule has 2 aromatic rings. The summed E-state index contributed by atoms with van der Waals surface area (Å²) in [6.45, 7) is 0.228. The Labute approximate surface area is 99.7 Å². The molecule has 1 aromatic carbocycles. The van der Waals surface area contributed by atoms with Gasteiger partial charge in [0.25, 0.3) is 0 Å². The van der Waals surface area contributed by atoms with Crippen LogP contribution >= 0.6 is 11.3 Å². The van der Waals surface area contributed by atoms with Crippen LogP contribution in [-0.2, 0) is 12.8 Å². The van der Waals surface area contributed by atoms with Gasteiger partial charge < -0.3 is 4.74 Å². The summed E-state index contributed by atoms with van der Waals surface area (Å²) in [5.41, 5.74) is 0.935. The molecule has 0 aliphatic heterocycles. The number of nitrogens with zero attached hydrogens (tertiary/aromatic N) is 1. The van der Waals surface area contributed by atoms with Gasteiger partial charge in [-0.15, -0.1) is 11.3 Å². The van der Waals surface area contributed by atoms with E-state index >= 15 is 0 Å². The molecule has 0 bridgehead atoms. The molecule has 0 saturated carbocycles. The lowest BCUT2D eigenvalue weighted by Gasteiger charge is -2.09. The maximum atomic E-state index is 12.4. The number of hydrogen-bond donors (Lipinski definition) is 0. The van der Waals surface area contributed by atoms with Crippen LogP contribution in [0.2, 0.25) is 0 Å². The van der Waals surface area contributed by atoms with Crippen molar-refractivity contribution in [2.45, 2.75) is 12.8 Å². The van der Waals surface area contributed by atoms with Gasteiger partial charge in [-0.05, 0) is 18.2 Å². The van der Waals surface area contributed by atoms with Gasteiger partial charge in [0.05, 0.1) is 16.0 Å². The third kappa shape index (κ3) is 3.20. The molecule has 2 nitrogen and oxygen atoms in total. The number of benzene rings is 1. The van der Waals surface area contributed by atoms with Crippen LogP contribution in [0.4, 0.5) is 13.2 Å². The Kier molecular flexibility index (Phi) is 3.33. The Morgan fingerprint density at radius 1 is 1.29 bits per heavy atom. The lowest BCUT2D eigenvalue weighted by molar-refractivity contribution is -0.137. The van der Waals surface area contributed by atoms with Crippen LogP contribution in [0, 0.1) is 0 Å². The normalized spacial score (nSPS) is 11.5. The highest BCUT2D eigenvalue weighted by molar-refractivity contribution is 7.09. The third-order valence-electron chi connectivity index (χ3n) is 2.03. The fraction of sp³-hybridized carbons (Fsp3) is 0.182. The minimum atomic E-state index is -4.34. The van der Waals surface area contributed by atoms with E-state index in [1.54, 1.807) is 11.7 Å². The highest BCUT2D eigenvalue weighted by Crippen LogP contribution is 2.31. The summed E-state index contributed by atoms with van der Waals surface area (Å²) in [6, 6.07) is 4.82. The van der Waals surface area contributed by atoms with Crippen molar-refractivity contribution >= 4 is 11.3 Å². The van der Waals surface area contributed by atoms with E-state index in [-0.39, 0.29) is 12.4 Å². The zero-order chi connectivity index (χ0) is 12.3. The van der Waals surface area contributed by atoms with E-state index in [1.807, 2.05) is 0 Å². The van der Waals surface area contributed by atoms with Gasteiger partial charge in [0.15, 0.2) is 0 Å². The molecule has 0 N–H and O–H groups in total. The van der Waals surface area contributed by atoms with Crippen molar-refractivity contribution in [3.05, 3.63) is 46.4 Å². The van der Waals surface area contributed by atoms with Gasteiger partial charge in [-0.2, -0.15) is 13.2 Å². The molecule has 6 heteroatoms. The molecule has 0 aliphatic carbocycles. The summed E-state index contributed by atoms with van der Waals surface area (Å²) in [5, 5.41) is 0. The quantitative estimate of drug-likeness (QED) is 0.837. The molecule has 0 unspecified atom stereocenters. The maximum Gasteiger partial charge on any atom is 0.416 e. The molecule has 0 aliphatic rings. The summed E-state index contributed by atoms with van der Waals surface area (Å²) in [4.78, 5) is 4.71. The Morgan fingerprint density at radius 3 is 2.76 bits per heavy atom.